The van der Waals surface area contributed by atoms with Gasteiger partial charge in [-0.25, -0.2) is 9.78 Å². The molecule has 5 nitrogen and oxygen atoms in total. The van der Waals surface area contributed by atoms with Gasteiger partial charge in [0.15, 0.2) is 0 Å². The second kappa shape index (κ2) is 4.91. The summed E-state index contributed by atoms with van der Waals surface area (Å²) in [6.45, 7) is 2.67. The lowest BCUT2D eigenvalue weighted by Gasteiger charge is -2.06. The summed E-state index contributed by atoms with van der Waals surface area (Å²) >= 11 is 0. The number of carboxylic acid groups (broad SMARTS) is 1. The molecule has 5 heteroatoms. The molecule has 0 aliphatic heterocycles. The van der Waals surface area contributed by atoms with Crippen molar-refractivity contribution in [1.82, 2.24) is 9.55 Å². The van der Waals surface area contributed by atoms with E-state index < -0.39 is 5.97 Å². The first-order chi connectivity index (χ1) is 8.67. The summed E-state index contributed by atoms with van der Waals surface area (Å²) in [4.78, 5) is 15.0. The Bertz CT molecular complexity index is 614. The van der Waals surface area contributed by atoms with Gasteiger partial charge in [-0.3, -0.25) is 0 Å². The molecule has 0 aliphatic rings. The molecule has 0 bridgehead atoms. The number of methoxy groups -OCH3 is 1. The van der Waals surface area contributed by atoms with Crippen molar-refractivity contribution < 1.29 is 14.6 Å². The Morgan fingerprint density at radius 2 is 2.33 bits per heavy atom. The third-order valence-corrected chi connectivity index (χ3v) is 2.67. The second-order valence-electron chi connectivity index (χ2n) is 3.71. The Labute approximate surface area is 104 Å². The highest BCUT2D eigenvalue weighted by Gasteiger charge is 2.11. The average molecular weight is 246 g/mol. The summed E-state index contributed by atoms with van der Waals surface area (Å²) in [5, 5.41) is 8.67. The quantitative estimate of drug-likeness (QED) is 0.840. The number of aromatic nitrogens is 2. The van der Waals surface area contributed by atoms with Crippen molar-refractivity contribution in [3.05, 3.63) is 30.1 Å². The van der Waals surface area contributed by atoms with Crippen molar-refractivity contribution in [1.29, 1.82) is 0 Å². The third kappa shape index (κ3) is 2.07. The molecule has 0 saturated heterocycles. The number of aryl methyl sites for hydroxylation is 1. The fourth-order valence-electron chi connectivity index (χ4n) is 1.93. The van der Waals surface area contributed by atoms with Gasteiger partial charge in [-0.1, -0.05) is 6.07 Å². The number of hydrogen-bond donors (Lipinski definition) is 1. The zero-order chi connectivity index (χ0) is 13.1. The Kier molecular flexibility index (Phi) is 3.32. The largest absolute Gasteiger partial charge is 0.494 e. The molecule has 1 heterocycles. The number of carboxylic acids is 1. The highest BCUT2D eigenvalue weighted by atomic mass is 16.5. The van der Waals surface area contributed by atoms with Crippen LogP contribution in [0.25, 0.3) is 17.1 Å². The number of ether oxygens (including phenoxy) is 1. The van der Waals surface area contributed by atoms with Crippen molar-refractivity contribution in [2.24, 2.45) is 0 Å². The lowest BCUT2D eigenvalue weighted by atomic mass is 10.3. The molecule has 1 aromatic heterocycles. The standard InChI is InChI=1S/C13H14N2O3/c1-3-15-11(7-8-12(16)17)14-9-5-4-6-10(18-2)13(9)15/h4-8H,3H2,1-2H3,(H,16,17)/b8-7+. The van der Waals surface area contributed by atoms with Crippen LogP contribution in [0.3, 0.4) is 0 Å². The van der Waals surface area contributed by atoms with Gasteiger partial charge in [0, 0.05) is 12.6 Å². The van der Waals surface area contributed by atoms with Gasteiger partial charge in [-0.05, 0) is 25.1 Å². The van der Waals surface area contributed by atoms with E-state index in [9.17, 15) is 4.79 Å². The van der Waals surface area contributed by atoms with Gasteiger partial charge in [0.2, 0.25) is 0 Å². The van der Waals surface area contributed by atoms with Crippen LogP contribution in [-0.2, 0) is 11.3 Å². The van der Waals surface area contributed by atoms with E-state index in [4.69, 9.17) is 9.84 Å². The van der Waals surface area contributed by atoms with E-state index in [0.29, 0.717) is 12.4 Å². The molecule has 1 aromatic carbocycles. The van der Waals surface area contributed by atoms with Crippen molar-refractivity contribution in [3.63, 3.8) is 0 Å². The lowest BCUT2D eigenvalue weighted by Crippen LogP contribution is -1.99. The van der Waals surface area contributed by atoms with Crippen LogP contribution in [-0.4, -0.2) is 27.7 Å². The number of imidazole rings is 1. The molecular formula is C13H14N2O3. The van der Waals surface area contributed by atoms with Crippen molar-refractivity contribution in [2.45, 2.75) is 13.5 Å². The molecule has 18 heavy (non-hydrogen) atoms. The van der Waals surface area contributed by atoms with Crippen LogP contribution in [0, 0.1) is 0 Å². The first-order valence-electron chi connectivity index (χ1n) is 5.61. The molecule has 94 valence electrons. The van der Waals surface area contributed by atoms with Gasteiger partial charge in [0.25, 0.3) is 0 Å². The van der Waals surface area contributed by atoms with Crippen LogP contribution < -0.4 is 4.74 Å². The molecule has 2 aromatic rings. The molecule has 0 aliphatic carbocycles. The first-order valence-corrected chi connectivity index (χ1v) is 5.61. The van der Waals surface area contributed by atoms with Crippen LogP contribution >= 0.6 is 0 Å². The molecule has 2 rings (SSSR count). The highest BCUT2D eigenvalue weighted by molar-refractivity contribution is 5.87. The normalized spacial score (nSPS) is 11.2. The number of aliphatic carboxylic acids is 1. The van der Waals surface area contributed by atoms with Crippen LogP contribution in [0.2, 0.25) is 0 Å². The van der Waals surface area contributed by atoms with Gasteiger partial charge in [0.1, 0.15) is 17.1 Å². The van der Waals surface area contributed by atoms with Crippen LogP contribution in [0.1, 0.15) is 12.7 Å². The molecule has 1 N–H and O–H groups in total. The van der Waals surface area contributed by atoms with E-state index in [1.807, 2.05) is 29.7 Å². The number of rotatable bonds is 4. The van der Waals surface area contributed by atoms with E-state index in [1.54, 1.807) is 7.11 Å². The van der Waals surface area contributed by atoms with E-state index in [1.165, 1.54) is 6.08 Å². The van der Waals surface area contributed by atoms with Crippen molar-refractivity contribution >= 4 is 23.1 Å². The van der Waals surface area contributed by atoms with Gasteiger partial charge < -0.3 is 14.4 Å². The maximum absolute atomic E-state index is 10.6. The molecule has 0 saturated carbocycles. The minimum Gasteiger partial charge on any atom is -0.494 e. The predicted octanol–water partition coefficient (Wildman–Crippen LogP) is 2.16. The van der Waals surface area contributed by atoms with E-state index in [0.717, 1.165) is 22.9 Å². The van der Waals surface area contributed by atoms with E-state index in [2.05, 4.69) is 4.98 Å². The van der Waals surface area contributed by atoms with Gasteiger partial charge in [-0.2, -0.15) is 0 Å². The number of fused-ring (bicyclic) bond motifs is 1. The number of para-hydroxylation sites is 1. The Hall–Kier alpha value is -2.30. The topological polar surface area (TPSA) is 64.4 Å². The molecule has 0 atom stereocenters. The van der Waals surface area contributed by atoms with Crippen LogP contribution in [0.15, 0.2) is 24.3 Å². The number of benzene rings is 1. The number of carbonyl (C=O) groups is 1. The summed E-state index contributed by atoms with van der Waals surface area (Å²) in [6.07, 6.45) is 2.57. The summed E-state index contributed by atoms with van der Waals surface area (Å²) in [5.41, 5.74) is 1.67. The van der Waals surface area contributed by atoms with Gasteiger partial charge in [0.05, 0.1) is 12.6 Å². The van der Waals surface area contributed by atoms with Gasteiger partial charge in [-0.15, -0.1) is 0 Å². The zero-order valence-corrected chi connectivity index (χ0v) is 10.3. The summed E-state index contributed by atoms with van der Waals surface area (Å²) < 4.78 is 7.23. The van der Waals surface area contributed by atoms with Crippen molar-refractivity contribution in [2.75, 3.05) is 7.11 Å². The zero-order valence-electron chi connectivity index (χ0n) is 10.3. The maximum Gasteiger partial charge on any atom is 0.328 e. The smallest absolute Gasteiger partial charge is 0.328 e. The Morgan fingerprint density at radius 3 is 2.94 bits per heavy atom. The van der Waals surface area contributed by atoms with E-state index in [-0.39, 0.29) is 0 Å². The molecule has 0 spiro atoms. The van der Waals surface area contributed by atoms with Crippen LogP contribution in [0.4, 0.5) is 0 Å². The van der Waals surface area contributed by atoms with E-state index >= 15 is 0 Å². The first kappa shape index (κ1) is 12.2. The highest BCUT2D eigenvalue weighted by Crippen LogP contribution is 2.26. The molecule has 0 amide bonds. The predicted molar refractivity (Wildman–Crippen MR) is 68.6 cm³/mol. The molecule has 0 radical (unpaired) electrons. The molecule has 0 unspecified atom stereocenters. The molecule has 0 fully saturated rings. The monoisotopic (exact) mass is 246 g/mol. The Morgan fingerprint density at radius 1 is 1.56 bits per heavy atom. The van der Waals surface area contributed by atoms with Crippen LogP contribution in [0.5, 0.6) is 5.75 Å². The lowest BCUT2D eigenvalue weighted by molar-refractivity contribution is -0.131. The SMILES string of the molecule is CCn1c(/C=C/C(=O)O)nc2cccc(OC)c21. The fourth-order valence-corrected chi connectivity index (χ4v) is 1.93. The summed E-state index contributed by atoms with van der Waals surface area (Å²) in [5.74, 6) is 0.355. The second-order valence-corrected chi connectivity index (χ2v) is 3.71. The summed E-state index contributed by atoms with van der Waals surface area (Å²) in [7, 11) is 1.61. The third-order valence-electron chi connectivity index (χ3n) is 2.67. The Balaban J connectivity index is 2.65. The fraction of sp³-hybridized carbons (Fsp3) is 0.231. The van der Waals surface area contributed by atoms with Gasteiger partial charge >= 0.3 is 5.97 Å². The van der Waals surface area contributed by atoms with Crippen molar-refractivity contribution in [3.8, 4) is 5.75 Å². The molecular weight excluding hydrogens is 232 g/mol. The minimum atomic E-state index is -0.989. The minimum absolute atomic E-state index is 0.611. The maximum atomic E-state index is 10.6. The number of hydrogen-bond acceptors (Lipinski definition) is 3. The average Bonchev–Trinajstić information content (AvgIpc) is 2.73. The summed E-state index contributed by atoms with van der Waals surface area (Å²) in [6, 6.07) is 5.60. The number of nitrogens with zero attached hydrogens (tertiary/aromatic N) is 2.